The maximum atomic E-state index is 5.59. The number of hydrogen-bond donors (Lipinski definition) is 1. The smallest absolute Gasteiger partial charge is 0.175 e. The molecule has 0 fully saturated rings. The Morgan fingerprint density at radius 1 is 1.30 bits per heavy atom. The van der Waals surface area contributed by atoms with Crippen molar-refractivity contribution in [2.75, 3.05) is 32.3 Å². The van der Waals surface area contributed by atoms with Gasteiger partial charge < -0.3 is 14.8 Å². The summed E-state index contributed by atoms with van der Waals surface area (Å²) < 4.78 is 11.9. The number of ether oxygens (including phenoxy) is 2. The van der Waals surface area contributed by atoms with Crippen molar-refractivity contribution in [3.05, 3.63) is 22.2 Å². The molecule has 0 heterocycles. The van der Waals surface area contributed by atoms with Gasteiger partial charge in [-0.15, -0.1) is 0 Å². The summed E-state index contributed by atoms with van der Waals surface area (Å²) in [6.07, 6.45) is 4.64. The normalized spacial score (nSPS) is 10.6. The minimum absolute atomic E-state index is 0.627. The number of thioether (sulfide) groups is 1. The molecule has 0 unspecified atom stereocenters. The molecule has 0 aliphatic carbocycles. The zero-order chi connectivity index (χ0) is 14.8. The van der Waals surface area contributed by atoms with E-state index in [0.29, 0.717) is 6.61 Å². The molecule has 0 aromatic heterocycles. The van der Waals surface area contributed by atoms with Crippen LogP contribution in [-0.2, 0) is 6.54 Å². The second-order valence-electron chi connectivity index (χ2n) is 4.42. The van der Waals surface area contributed by atoms with E-state index >= 15 is 0 Å². The molecule has 5 heteroatoms. The summed E-state index contributed by atoms with van der Waals surface area (Å²) in [4.78, 5) is 0. The molecule has 114 valence electrons. The van der Waals surface area contributed by atoms with Crippen LogP contribution >= 0.6 is 27.7 Å². The van der Waals surface area contributed by atoms with E-state index in [0.717, 1.165) is 29.1 Å². The fourth-order valence-corrected chi connectivity index (χ4v) is 2.99. The van der Waals surface area contributed by atoms with Crippen LogP contribution in [0.25, 0.3) is 0 Å². The Morgan fingerprint density at radius 2 is 2.10 bits per heavy atom. The molecular formula is C15H24BrNO2S. The van der Waals surface area contributed by atoms with Crippen LogP contribution in [0.15, 0.2) is 16.6 Å². The van der Waals surface area contributed by atoms with Crippen molar-refractivity contribution >= 4 is 27.7 Å². The first-order valence-electron chi connectivity index (χ1n) is 6.91. The molecule has 1 N–H and O–H groups in total. The highest BCUT2D eigenvalue weighted by Gasteiger charge is 2.10. The Hall–Kier alpha value is -0.390. The van der Waals surface area contributed by atoms with Gasteiger partial charge in [-0.1, -0.05) is 0 Å². The average molecular weight is 362 g/mol. The van der Waals surface area contributed by atoms with Crippen LogP contribution in [0.5, 0.6) is 11.5 Å². The topological polar surface area (TPSA) is 30.5 Å². The summed E-state index contributed by atoms with van der Waals surface area (Å²) in [6, 6.07) is 4.12. The van der Waals surface area contributed by atoms with Gasteiger partial charge in [0.25, 0.3) is 0 Å². The Kier molecular flexibility index (Phi) is 9.14. The van der Waals surface area contributed by atoms with E-state index in [1.54, 1.807) is 7.11 Å². The molecule has 1 aromatic rings. The van der Waals surface area contributed by atoms with Crippen LogP contribution in [0.3, 0.4) is 0 Å². The van der Waals surface area contributed by atoms with E-state index in [2.05, 4.69) is 33.6 Å². The van der Waals surface area contributed by atoms with Crippen molar-refractivity contribution in [2.24, 2.45) is 0 Å². The van der Waals surface area contributed by atoms with Crippen LogP contribution in [-0.4, -0.2) is 32.3 Å². The number of rotatable bonds is 10. The highest BCUT2D eigenvalue weighted by Crippen LogP contribution is 2.36. The van der Waals surface area contributed by atoms with Gasteiger partial charge in [0.15, 0.2) is 11.5 Å². The number of unbranched alkanes of at least 4 members (excludes halogenated alkanes) is 1. The molecule has 0 amide bonds. The third kappa shape index (κ3) is 5.94. The van der Waals surface area contributed by atoms with E-state index in [4.69, 9.17) is 9.47 Å². The lowest BCUT2D eigenvalue weighted by molar-refractivity contribution is 0.308. The number of nitrogens with one attached hydrogen (secondary N) is 1. The number of methoxy groups -OCH3 is 1. The van der Waals surface area contributed by atoms with Gasteiger partial charge in [-0.2, -0.15) is 11.8 Å². The Balaban J connectivity index is 2.52. The number of benzene rings is 1. The molecule has 0 radical (unpaired) electrons. The summed E-state index contributed by atoms with van der Waals surface area (Å²) in [7, 11) is 1.67. The summed E-state index contributed by atoms with van der Waals surface area (Å²) in [5, 5.41) is 3.46. The minimum atomic E-state index is 0.627. The summed E-state index contributed by atoms with van der Waals surface area (Å²) in [5.41, 5.74) is 1.20. The zero-order valence-electron chi connectivity index (χ0n) is 12.5. The third-order valence-electron chi connectivity index (χ3n) is 2.86. The van der Waals surface area contributed by atoms with Crippen molar-refractivity contribution < 1.29 is 9.47 Å². The molecule has 0 bridgehead atoms. The van der Waals surface area contributed by atoms with Crippen LogP contribution in [0.1, 0.15) is 25.3 Å². The van der Waals surface area contributed by atoms with Gasteiger partial charge >= 0.3 is 0 Å². The first-order valence-corrected chi connectivity index (χ1v) is 9.10. The zero-order valence-corrected chi connectivity index (χ0v) is 14.9. The predicted octanol–water partition coefficient (Wildman–Crippen LogP) is 4.09. The number of hydrogen-bond acceptors (Lipinski definition) is 4. The molecule has 0 atom stereocenters. The first kappa shape index (κ1) is 17.7. The van der Waals surface area contributed by atoms with Gasteiger partial charge in [-0.3, -0.25) is 0 Å². The van der Waals surface area contributed by atoms with E-state index in [1.807, 2.05) is 24.8 Å². The monoisotopic (exact) mass is 361 g/mol. The molecule has 1 rings (SSSR count). The fourth-order valence-electron chi connectivity index (χ4n) is 1.89. The van der Waals surface area contributed by atoms with Crippen molar-refractivity contribution in [2.45, 2.75) is 26.3 Å². The van der Waals surface area contributed by atoms with E-state index in [9.17, 15) is 0 Å². The molecule has 20 heavy (non-hydrogen) atoms. The highest BCUT2D eigenvalue weighted by atomic mass is 79.9. The number of halogens is 1. The van der Waals surface area contributed by atoms with E-state index < -0.39 is 0 Å². The lowest BCUT2D eigenvalue weighted by Crippen LogP contribution is -2.15. The molecule has 3 nitrogen and oxygen atoms in total. The summed E-state index contributed by atoms with van der Waals surface area (Å²) in [5.74, 6) is 2.79. The molecule has 1 aromatic carbocycles. The molecule has 0 saturated heterocycles. The van der Waals surface area contributed by atoms with Crippen molar-refractivity contribution in [3.63, 3.8) is 0 Å². The van der Waals surface area contributed by atoms with Crippen molar-refractivity contribution in [1.82, 2.24) is 5.32 Å². The Bertz CT molecular complexity index is 402. The first-order chi connectivity index (χ1) is 9.72. The maximum Gasteiger partial charge on any atom is 0.175 e. The summed E-state index contributed by atoms with van der Waals surface area (Å²) >= 11 is 5.45. The van der Waals surface area contributed by atoms with E-state index in [1.165, 1.54) is 24.2 Å². The summed E-state index contributed by atoms with van der Waals surface area (Å²) in [6.45, 7) is 4.49. The lowest BCUT2D eigenvalue weighted by Gasteiger charge is -2.13. The third-order valence-corrected chi connectivity index (χ3v) is 4.15. The van der Waals surface area contributed by atoms with Crippen LogP contribution in [0.2, 0.25) is 0 Å². The molecule has 0 aliphatic heterocycles. The SMILES string of the molecule is CCOc1c(Br)cc(CNCCCCSC)cc1OC. The second kappa shape index (κ2) is 10.4. The Labute approximate surface area is 134 Å². The quantitative estimate of drug-likeness (QED) is 0.635. The molecular weight excluding hydrogens is 338 g/mol. The standard InChI is InChI=1S/C15H24BrNO2S/c1-4-19-15-13(16)9-12(10-14(15)18-2)11-17-7-5-6-8-20-3/h9-10,17H,4-8,11H2,1-3H3. The Morgan fingerprint density at radius 3 is 2.75 bits per heavy atom. The van der Waals surface area contributed by atoms with Gasteiger partial charge in [-0.25, -0.2) is 0 Å². The van der Waals surface area contributed by atoms with Gasteiger partial charge in [0.1, 0.15) is 0 Å². The fraction of sp³-hybridized carbons (Fsp3) is 0.600. The maximum absolute atomic E-state index is 5.59. The van der Waals surface area contributed by atoms with Gasteiger partial charge in [0.05, 0.1) is 18.2 Å². The van der Waals surface area contributed by atoms with Crippen LogP contribution < -0.4 is 14.8 Å². The average Bonchev–Trinajstić information content (AvgIpc) is 2.45. The second-order valence-corrected chi connectivity index (χ2v) is 6.26. The van der Waals surface area contributed by atoms with Crippen molar-refractivity contribution in [3.8, 4) is 11.5 Å². The highest BCUT2D eigenvalue weighted by molar-refractivity contribution is 9.10. The molecule has 0 saturated carbocycles. The van der Waals surface area contributed by atoms with Crippen LogP contribution in [0.4, 0.5) is 0 Å². The lowest BCUT2D eigenvalue weighted by atomic mass is 10.2. The van der Waals surface area contributed by atoms with Crippen molar-refractivity contribution in [1.29, 1.82) is 0 Å². The predicted molar refractivity (Wildman–Crippen MR) is 91.2 cm³/mol. The largest absolute Gasteiger partial charge is 0.493 e. The van der Waals surface area contributed by atoms with Gasteiger partial charge in [0.2, 0.25) is 0 Å². The minimum Gasteiger partial charge on any atom is -0.493 e. The van der Waals surface area contributed by atoms with Crippen LogP contribution in [0, 0.1) is 0 Å². The van der Waals surface area contributed by atoms with Gasteiger partial charge in [-0.05, 0) is 71.9 Å². The van der Waals surface area contributed by atoms with Gasteiger partial charge in [0, 0.05) is 6.54 Å². The van der Waals surface area contributed by atoms with E-state index in [-0.39, 0.29) is 0 Å². The molecule has 0 aliphatic rings. The molecule has 0 spiro atoms.